The van der Waals surface area contributed by atoms with Gasteiger partial charge in [0.25, 0.3) is 11.5 Å². The lowest BCUT2D eigenvalue weighted by Gasteiger charge is -2.18. The van der Waals surface area contributed by atoms with Gasteiger partial charge in [-0.05, 0) is 31.0 Å². The van der Waals surface area contributed by atoms with Crippen LogP contribution in [-0.2, 0) is 19.6 Å². The van der Waals surface area contributed by atoms with Crippen LogP contribution in [0.4, 0.5) is 22.0 Å². The van der Waals surface area contributed by atoms with Gasteiger partial charge in [-0.1, -0.05) is 6.07 Å². The molecule has 0 N–H and O–H groups in total. The van der Waals surface area contributed by atoms with Crippen molar-refractivity contribution in [2.75, 3.05) is 19.6 Å². The van der Waals surface area contributed by atoms with E-state index in [1.165, 1.54) is 30.7 Å². The second-order valence-electron chi connectivity index (χ2n) is 6.85. The number of fused-ring (bicyclic) bond motifs is 1. The number of rotatable bonds is 3. The number of hydrogen-bond acceptors (Lipinski definition) is 2. The van der Waals surface area contributed by atoms with E-state index in [0.29, 0.717) is 18.5 Å². The van der Waals surface area contributed by atoms with E-state index < -0.39 is 23.2 Å². The fourth-order valence-corrected chi connectivity index (χ4v) is 3.55. The molecule has 8 heteroatoms. The number of alkyl halides is 5. The second kappa shape index (κ2) is 6.33. The van der Waals surface area contributed by atoms with Gasteiger partial charge in [0.05, 0.1) is 17.6 Å². The molecule has 0 bridgehead atoms. The van der Waals surface area contributed by atoms with Crippen LogP contribution < -0.4 is 5.56 Å². The van der Waals surface area contributed by atoms with Crippen molar-refractivity contribution in [3.8, 4) is 0 Å². The Labute approximate surface area is 147 Å². The lowest BCUT2D eigenvalue weighted by Crippen LogP contribution is -2.27. The van der Waals surface area contributed by atoms with Gasteiger partial charge in [-0.3, -0.25) is 9.69 Å². The maximum Gasteiger partial charge on any atom is 0.417 e. The van der Waals surface area contributed by atoms with Crippen LogP contribution in [-0.4, -0.2) is 35.0 Å². The lowest BCUT2D eigenvalue weighted by molar-refractivity contribution is -0.136. The third-order valence-electron chi connectivity index (χ3n) is 4.94. The van der Waals surface area contributed by atoms with E-state index in [4.69, 9.17) is 0 Å². The Morgan fingerprint density at radius 1 is 1.23 bits per heavy atom. The topological polar surface area (TPSA) is 25.2 Å². The summed E-state index contributed by atoms with van der Waals surface area (Å²) in [5.74, 6) is -2.69. The van der Waals surface area contributed by atoms with Crippen LogP contribution in [0, 0.1) is 6.92 Å². The lowest BCUT2D eigenvalue weighted by atomic mass is 10.00. The summed E-state index contributed by atoms with van der Waals surface area (Å²) in [5.41, 5.74) is -1.13. The molecular formula is C18H19F5N2O. The summed E-state index contributed by atoms with van der Waals surface area (Å²) < 4.78 is 68.2. The van der Waals surface area contributed by atoms with E-state index in [1.807, 2.05) is 0 Å². The third kappa shape index (κ3) is 3.47. The molecule has 142 valence electrons. The van der Waals surface area contributed by atoms with E-state index in [-0.39, 0.29) is 36.0 Å². The summed E-state index contributed by atoms with van der Waals surface area (Å²) in [7, 11) is 1.43. The van der Waals surface area contributed by atoms with Gasteiger partial charge in [-0.2, -0.15) is 13.2 Å². The summed E-state index contributed by atoms with van der Waals surface area (Å²) in [5, 5.41) is -0.0404. The van der Waals surface area contributed by atoms with E-state index in [1.54, 1.807) is 11.0 Å². The first-order valence-corrected chi connectivity index (χ1v) is 8.29. The Morgan fingerprint density at radius 2 is 1.92 bits per heavy atom. The summed E-state index contributed by atoms with van der Waals surface area (Å²) in [6.45, 7) is 1.49. The Balaban J connectivity index is 1.97. The number of benzene rings is 1. The first kappa shape index (κ1) is 18.8. The fraction of sp³-hybridized carbons (Fsp3) is 0.500. The molecular weight excluding hydrogens is 355 g/mol. The zero-order valence-corrected chi connectivity index (χ0v) is 14.5. The normalized spacial score (nSPS) is 18.0. The highest BCUT2D eigenvalue weighted by atomic mass is 19.4. The molecule has 0 atom stereocenters. The average Bonchev–Trinajstić information content (AvgIpc) is 2.88. The Bertz CT molecular complexity index is 901. The van der Waals surface area contributed by atoms with E-state index >= 15 is 0 Å². The van der Waals surface area contributed by atoms with E-state index in [2.05, 4.69) is 0 Å². The van der Waals surface area contributed by atoms with Gasteiger partial charge in [-0.15, -0.1) is 0 Å². The number of likely N-dealkylation sites (tertiary alicyclic amines) is 1. The van der Waals surface area contributed by atoms with Crippen molar-refractivity contribution in [3.05, 3.63) is 45.2 Å². The summed E-state index contributed by atoms with van der Waals surface area (Å²) in [6.07, 6.45) is -4.47. The molecule has 0 saturated carbocycles. The molecule has 0 amide bonds. The summed E-state index contributed by atoms with van der Waals surface area (Å²) >= 11 is 0. The molecule has 0 radical (unpaired) electrons. The zero-order valence-electron chi connectivity index (χ0n) is 14.5. The maximum absolute atomic E-state index is 13.5. The van der Waals surface area contributed by atoms with Crippen molar-refractivity contribution in [2.24, 2.45) is 7.05 Å². The highest BCUT2D eigenvalue weighted by Gasteiger charge is 2.38. The van der Waals surface area contributed by atoms with Gasteiger partial charge in [-0.25, -0.2) is 8.78 Å². The number of halogens is 5. The largest absolute Gasteiger partial charge is 0.417 e. The van der Waals surface area contributed by atoms with Crippen molar-refractivity contribution < 1.29 is 22.0 Å². The monoisotopic (exact) mass is 374 g/mol. The molecule has 1 aromatic heterocycles. The van der Waals surface area contributed by atoms with E-state index in [9.17, 15) is 26.7 Å². The van der Waals surface area contributed by atoms with Gasteiger partial charge in [0.1, 0.15) is 0 Å². The van der Waals surface area contributed by atoms with Crippen molar-refractivity contribution in [3.63, 3.8) is 0 Å². The SMILES string of the molecule is Cc1c(C(F)(F)F)c2cc(CCN3CCC(F)(F)C3)ccc2n(C)c1=O. The molecule has 0 aliphatic carbocycles. The van der Waals surface area contributed by atoms with Crippen molar-refractivity contribution in [1.82, 2.24) is 9.47 Å². The fourth-order valence-electron chi connectivity index (χ4n) is 3.55. The average molecular weight is 374 g/mol. The third-order valence-corrected chi connectivity index (χ3v) is 4.94. The summed E-state index contributed by atoms with van der Waals surface area (Å²) in [6, 6.07) is 4.55. The number of nitrogens with zero attached hydrogens (tertiary/aromatic N) is 2. The zero-order chi connectivity index (χ0) is 19.3. The molecule has 26 heavy (non-hydrogen) atoms. The molecule has 1 aliphatic heterocycles. The van der Waals surface area contributed by atoms with Crippen LogP contribution >= 0.6 is 0 Å². The molecule has 1 aliphatic rings. The Hall–Kier alpha value is -1.96. The van der Waals surface area contributed by atoms with Crippen LogP contribution in [0.2, 0.25) is 0 Å². The predicted molar refractivity (Wildman–Crippen MR) is 88.6 cm³/mol. The van der Waals surface area contributed by atoms with Crippen molar-refractivity contribution >= 4 is 10.9 Å². The second-order valence-corrected chi connectivity index (χ2v) is 6.85. The van der Waals surface area contributed by atoms with Gasteiger partial charge in [0, 0.05) is 37.5 Å². The highest BCUT2D eigenvalue weighted by molar-refractivity contribution is 5.85. The first-order chi connectivity index (χ1) is 12.0. The molecule has 0 spiro atoms. The Morgan fingerprint density at radius 3 is 2.50 bits per heavy atom. The Kier molecular flexibility index (Phi) is 4.58. The highest BCUT2D eigenvalue weighted by Crippen LogP contribution is 2.36. The number of hydrogen-bond donors (Lipinski definition) is 0. The molecule has 1 aromatic carbocycles. The van der Waals surface area contributed by atoms with Crippen LogP contribution in [0.15, 0.2) is 23.0 Å². The standard InChI is InChI=1S/C18H19F5N2O/c1-11-15(18(21,22)23)13-9-12(3-4-14(13)24(2)16(11)26)5-7-25-8-6-17(19,20)10-25/h3-4,9H,5-8,10H2,1-2H3. The van der Waals surface area contributed by atoms with E-state index in [0.717, 1.165) is 0 Å². The maximum atomic E-state index is 13.5. The van der Waals surface area contributed by atoms with Crippen molar-refractivity contribution in [2.45, 2.75) is 31.9 Å². The quantitative estimate of drug-likeness (QED) is 0.765. The van der Waals surface area contributed by atoms with Crippen LogP contribution in [0.1, 0.15) is 23.1 Å². The minimum absolute atomic E-state index is 0.0404. The molecule has 2 heterocycles. The number of pyridine rings is 1. The van der Waals surface area contributed by atoms with Gasteiger partial charge < -0.3 is 4.57 Å². The minimum atomic E-state index is -4.65. The van der Waals surface area contributed by atoms with Crippen LogP contribution in [0.25, 0.3) is 10.9 Å². The number of aromatic nitrogens is 1. The van der Waals surface area contributed by atoms with Gasteiger partial charge in [0.15, 0.2) is 0 Å². The van der Waals surface area contributed by atoms with Gasteiger partial charge >= 0.3 is 6.18 Å². The first-order valence-electron chi connectivity index (χ1n) is 8.29. The minimum Gasteiger partial charge on any atom is -0.311 e. The van der Waals surface area contributed by atoms with Crippen LogP contribution in [0.3, 0.4) is 0 Å². The molecule has 0 unspecified atom stereocenters. The molecule has 3 nitrogen and oxygen atoms in total. The predicted octanol–water partition coefficient (Wildman–Crippen LogP) is 3.75. The summed E-state index contributed by atoms with van der Waals surface area (Å²) in [4.78, 5) is 13.7. The molecule has 1 saturated heterocycles. The van der Waals surface area contributed by atoms with Crippen molar-refractivity contribution in [1.29, 1.82) is 0 Å². The molecule has 1 fully saturated rings. The van der Waals surface area contributed by atoms with Crippen LogP contribution in [0.5, 0.6) is 0 Å². The number of aryl methyl sites for hydroxylation is 1. The van der Waals surface area contributed by atoms with Gasteiger partial charge in [0.2, 0.25) is 0 Å². The smallest absolute Gasteiger partial charge is 0.311 e. The molecule has 2 aromatic rings. The molecule has 3 rings (SSSR count).